The Bertz CT molecular complexity index is 1810. The molecular formula is C41H41Ar2Cl2NO2PRu-3. The molecule has 6 aromatic carbocycles. The molecule has 0 heterocycles. The summed E-state index contributed by atoms with van der Waals surface area (Å²) >= 11 is -0.346. The SMILES string of the molecule is [Ar].[Ar].[CH2-]C(C(C)C)C([NH-])(c1ccc(OC)cc1)c1ccc(OC)cc1.[CH2-]c1ccc2ccccc2c1-c1c(P)ccc2ccccc12.[Cl][Ru][Cl]. The first-order valence-corrected chi connectivity index (χ1v) is 20.5. The van der Waals surface area contributed by atoms with Crippen LogP contribution in [-0.2, 0) is 20.7 Å². The van der Waals surface area contributed by atoms with Crippen LogP contribution in [0.25, 0.3) is 38.4 Å². The normalized spacial score (nSPS) is 11.3. The molecule has 1 N–H and O–H groups in total. The number of methoxy groups -OCH3 is 2. The molecule has 0 bridgehead atoms. The molecule has 0 fully saturated rings. The van der Waals surface area contributed by atoms with Crippen LogP contribution in [0.15, 0.2) is 121 Å². The topological polar surface area (TPSA) is 42.3 Å². The minimum absolute atomic E-state index is 0. The molecule has 0 amide bonds. The monoisotopic (exact) mass is 862 g/mol. The molecule has 6 rings (SSSR count). The molecule has 268 valence electrons. The van der Waals surface area contributed by atoms with Gasteiger partial charge in [0.1, 0.15) is 11.5 Å². The Labute approximate surface area is 376 Å². The van der Waals surface area contributed by atoms with E-state index in [9.17, 15) is 5.73 Å². The van der Waals surface area contributed by atoms with Crippen molar-refractivity contribution in [2.24, 2.45) is 11.8 Å². The Kier molecular flexibility index (Phi) is 20.0. The summed E-state index contributed by atoms with van der Waals surface area (Å²) in [4.78, 5) is 0. The van der Waals surface area contributed by atoms with Gasteiger partial charge in [-0.1, -0.05) is 132 Å². The molecule has 3 nitrogen and oxygen atoms in total. The van der Waals surface area contributed by atoms with E-state index in [0.717, 1.165) is 28.2 Å². The fourth-order valence-corrected chi connectivity index (χ4v) is 6.38. The van der Waals surface area contributed by atoms with Crippen LogP contribution in [0.2, 0.25) is 0 Å². The van der Waals surface area contributed by atoms with E-state index in [4.69, 9.17) is 28.9 Å². The third-order valence-corrected chi connectivity index (χ3v) is 9.16. The summed E-state index contributed by atoms with van der Waals surface area (Å²) in [6.45, 7) is 12.8. The Balaban J connectivity index is 0.000000310. The minimum atomic E-state index is -0.924. The molecule has 2 unspecified atom stereocenters. The van der Waals surface area contributed by atoms with Gasteiger partial charge in [0, 0.05) is 75.5 Å². The molecule has 9 heteroatoms. The van der Waals surface area contributed by atoms with Crippen molar-refractivity contribution in [3.8, 4) is 22.6 Å². The average Bonchev–Trinajstić information content (AvgIpc) is 3.12. The van der Waals surface area contributed by atoms with Gasteiger partial charge in [-0.25, -0.2) is 0 Å². The van der Waals surface area contributed by atoms with Crippen LogP contribution in [0.4, 0.5) is 0 Å². The second-order valence-electron chi connectivity index (χ2n) is 11.7. The average molecular weight is 863 g/mol. The summed E-state index contributed by atoms with van der Waals surface area (Å²) in [6, 6.07) is 41.1. The van der Waals surface area contributed by atoms with E-state index in [1.54, 1.807) is 14.2 Å². The van der Waals surface area contributed by atoms with Crippen molar-refractivity contribution < 1.29 is 100 Å². The van der Waals surface area contributed by atoms with Gasteiger partial charge in [-0.3, -0.25) is 0 Å². The fraction of sp³-hybridized carbons (Fsp3) is 0.171. The summed E-state index contributed by atoms with van der Waals surface area (Å²) in [5.41, 5.74) is 13.7. The molecular weight excluding hydrogens is 821 g/mol. The molecule has 0 radical (unpaired) electrons. The van der Waals surface area contributed by atoms with Crippen molar-refractivity contribution >= 4 is 55.5 Å². The van der Waals surface area contributed by atoms with Gasteiger partial charge >= 0.3 is 34.5 Å². The van der Waals surface area contributed by atoms with Gasteiger partial charge in [0.05, 0.1) is 14.2 Å². The van der Waals surface area contributed by atoms with Gasteiger partial charge in [0.15, 0.2) is 0 Å². The number of benzene rings is 6. The molecule has 0 aliphatic heterocycles. The number of rotatable bonds is 7. The van der Waals surface area contributed by atoms with Crippen molar-refractivity contribution in [3.05, 3.63) is 158 Å². The van der Waals surface area contributed by atoms with Crippen LogP contribution >= 0.6 is 28.6 Å². The molecule has 2 atom stereocenters. The fourth-order valence-electron chi connectivity index (χ4n) is 5.98. The Morgan fingerprint density at radius 2 is 1.06 bits per heavy atom. The first-order valence-electron chi connectivity index (χ1n) is 15.4. The number of halogens is 2. The van der Waals surface area contributed by atoms with Gasteiger partial charge in [-0.15, -0.1) is 20.9 Å². The second kappa shape index (κ2) is 22.0. The van der Waals surface area contributed by atoms with Gasteiger partial charge < -0.3 is 22.1 Å². The van der Waals surface area contributed by atoms with Crippen LogP contribution < -0.4 is 14.8 Å². The predicted molar refractivity (Wildman–Crippen MR) is 207 cm³/mol. The Hall–Kier alpha value is -0.577. The number of ether oxygens (including phenoxy) is 2. The Morgan fingerprint density at radius 1 is 0.660 bits per heavy atom. The van der Waals surface area contributed by atoms with Gasteiger partial charge in [0.25, 0.3) is 0 Å². The molecule has 0 spiro atoms. The van der Waals surface area contributed by atoms with E-state index in [1.165, 1.54) is 38.0 Å². The quantitative estimate of drug-likeness (QED) is 0.0912. The number of hydrogen-bond acceptors (Lipinski definition) is 2. The predicted octanol–water partition coefficient (Wildman–Crippen LogP) is 11.8. The van der Waals surface area contributed by atoms with Crippen LogP contribution in [0.3, 0.4) is 0 Å². The third-order valence-electron chi connectivity index (χ3n) is 8.68. The van der Waals surface area contributed by atoms with E-state index in [1.807, 2.05) is 48.5 Å². The van der Waals surface area contributed by atoms with E-state index in [2.05, 4.69) is 110 Å². The van der Waals surface area contributed by atoms with Crippen molar-refractivity contribution in [2.75, 3.05) is 14.2 Å². The summed E-state index contributed by atoms with van der Waals surface area (Å²) in [5, 5.41) is 6.25. The first kappa shape index (κ1) is 45.6. The molecule has 6 aromatic rings. The van der Waals surface area contributed by atoms with E-state index < -0.39 is 5.54 Å². The zero-order chi connectivity index (χ0) is 34.8. The van der Waals surface area contributed by atoms with Crippen LogP contribution in [-0.4, -0.2) is 14.2 Å². The summed E-state index contributed by atoms with van der Waals surface area (Å²) in [6.07, 6.45) is 0. The molecule has 0 saturated carbocycles. The number of fused-ring (bicyclic) bond motifs is 2. The maximum absolute atomic E-state index is 9.25. The number of hydrogen-bond donors (Lipinski definition) is 0. The molecule has 0 aromatic heterocycles. The van der Waals surface area contributed by atoms with Crippen LogP contribution in [0.1, 0.15) is 30.5 Å². The van der Waals surface area contributed by atoms with E-state index >= 15 is 0 Å². The van der Waals surface area contributed by atoms with Crippen LogP contribution in [0.5, 0.6) is 11.5 Å². The van der Waals surface area contributed by atoms with Gasteiger partial charge in [-0.05, 0) is 45.7 Å². The summed E-state index contributed by atoms with van der Waals surface area (Å²) < 4.78 is 10.5. The first-order chi connectivity index (χ1) is 23.1. The zero-order valence-electron chi connectivity index (χ0n) is 28.3. The maximum atomic E-state index is 9.25. The van der Waals surface area contributed by atoms with Crippen LogP contribution in [0, 0.1) is 101 Å². The van der Waals surface area contributed by atoms with Crippen molar-refractivity contribution in [2.45, 2.75) is 19.4 Å². The van der Waals surface area contributed by atoms with Crippen molar-refractivity contribution in [3.63, 3.8) is 0 Å². The molecule has 0 aliphatic rings. The number of nitrogens with one attached hydrogen (secondary N) is 1. The van der Waals surface area contributed by atoms with Crippen molar-refractivity contribution in [1.82, 2.24) is 0 Å². The van der Waals surface area contributed by atoms with Gasteiger partial charge in [-0.2, -0.15) is 24.5 Å². The van der Waals surface area contributed by atoms with E-state index in [-0.39, 0.29) is 102 Å². The zero-order valence-corrected chi connectivity index (χ0v) is 34.1. The molecule has 0 aliphatic carbocycles. The summed E-state index contributed by atoms with van der Waals surface area (Å²) in [7, 11) is 15.9. The molecule has 50 heavy (non-hydrogen) atoms. The van der Waals surface area contributed by atoms with Gasteiger partial charge in [0.2, 0.25) is 0 Å². The second-order valence-corrected chi connectivity index (χ2v) is 15.0. The standard InChI is InChI=1S/C21H16P.C20H25NO2.2Ar.2ClH.Ru/c1-14-10-11-15-6-2-4-8-17(15)20(14)21-18-9-5-3-7-16(18)12-13-19(21)22;1-14(2)15(3)20(21,16-6-10-18(22-4)11-7-16)17-8-12-19(23-5)13-9-17;;;;;/h2-13H,1,22H2;6-15,21H,3H2,1-2,4-5H3;;;2*1H;/q-1;-2;;;;;+2/p-2. The van der Waals surface area contributed by atoms with E-state index in [0.29, 0.717) is 0 Å². The third kappa shape index (κ3) is 10.8. The Morgan fingerprint density at radius 3 is 1.48 bits per heavy atom. The van der Waals surface area contributed by atoms with Crippen molar-refractivity contribution in [1.29, 1.82) is 0 Å². The summed E-state index contributed by atoms with van der Waals surface area (Å²) in [5.74, 6) is 1.76. The molecule has 0 saturated heterocycles.